The second-order valence-electron chi connectivity index (χ2n) is 3.74. The molecule has 0 amide bonds. The first-order chi connectivity index (χ1) is 8.08. The van der Waals surface area contributed by atoms with Crippen LogP contribution in [-0.4, -0.2) is 30.8 Å². The molecule has 17 heavy (non-hydrogen) atoms. The molecule has 0 saturated carbocycles. The highest BCUT2D eigenvalue weighted by Crippen LogP contribution is 2.10. The molecule has 0 radical (unpaired) electrons. The molecule has 0 heterocycles. The largest absolute Gasteiger partial charge is 0.393 e. The maximum absolute atomic E-state index is 11.8. The van der Waals surface area contributed by atoms with Crippen molar-refractivity contribution in [2.24, 2.45) is 0 Å². The monoisotopic (exact) mass is 356 g/mol. The van der Waals surface area contributed by atoms with Gasteiger partial charge in [-0.3, -0.25) is 0 Å². The van der Waals surface area contributed by atoms with Crippen molar-refractivity contribution >= 4 is 22.6 Å². The quantitative estimate of drug-likeness (QED) is 0.602. The van der Waals surface area contributed by atoms with Gasteiger partial charge in [-0.25, -0.2) is 8.78 Å². The molecule has 0 bridgehead atoms. The molecule has 1 aromatic rings. The third-order valence-electron chi connectivity index (χ3n) is 2.22. The average molecular weight is 356 g/mol. The predicted octanol–water partition coefficient (Wildman–Crippen LogP) is 2.87. The fourth-order valence-electron chi connectivity index (χ4n) is 1.39. The van der Waals surface area contributed by atoms with E-state index in [1.54, 1.807) is 0 Å². The van der Waals surface area contributed by atoms with E-state index in [1.165, 1.54) is 0 Å². The summed E-state index contributed by atoms with van der Waals surface area (Å²) in [5.74, 6) is 0. The van der Waals surface area contributed by atoms with E-state index in [0.717, 1.165) is 9.13 Å². The van der Waals surface area contributed by atoms with Crippen LogP contribution in [-0.2, 0) is 11.2 Å². The molecule has 1 rings (SSSR count). The highest BCUT2D eigenvalue weighted by atomic mass is 127. The van der Waals surface area contributed by atoms with Crippen molar-refractivity contribution in [3.05, 3.63) is 33.4 Å². The van der Waals surface area contributed by atoms with Gasteiger partial charge in [-0.15, -0.1) is 0 Å². The van der Waals surface area contributed by atoms with Crippen molar-refractivity contribution in [2.75, 3.05) is 13.2 Å². The Morgan fingerprint density at radius 1 is 1.24 bits per heavy atom. The summed E-state index contributed by atoms with van der Waals surface area (Å²) < 4.78 is 29.4. The third kappa shape index (κ3) is 6.90. The van der Waals surface area contributed by atoms with Gasteiger partial charge in [0, 0.05) is 10.2 Å². The van der Waals surface area contributed by atoms with Crippen LogP contribution in [0.1, 0.15) is 12.0 Å². The van der Waals surface area contributed by atoms with E-state index in [9.17, 15) is 13.9 Å². The second kappa shape index (κ2) is 7.94. The highest BCUT2D eigenvalue weighted by Gasteiger charge is 2.07. The molecule has 96 valence electrons. The molecule has 0 aromatic heterocycles. The molecule has 0 spiro atoms. The highest BCUT2D eigenvalue weighted by molar-refractivity contribution is 14.1. The first-order valence-corrected chi connectivity index (χ1v) is 6.44. The Balaban J connectivity index is 2.20. The average Bonchev–Trinajstić information content (AvgIpc) is 2.27. The Bertz CT molecular complexity index is 317. The number of hydrogen-bond acceptors (Lipinski definition) is 2. The van der Waals surface area contributed by atoms with Crippen LogP contribution in [0.25, 0.3) is 0 Å². The maximum Gasteiger partial charge on any atom is 0.261 e. The minimum atomic E-state index is -2.44. The maximum atomic E-state index is 11.8. The van der Waals surface area contributed by atoms with Crippen LogP contribution in [0.15, 0.2) is 24.3 Å². The van der Waals surface area contributed by atoms with Gasteiger partial charge in [0.05, 0.1) is 6.10 Å². The standard InChI is InChI=1S/C12H15F2IO2/c13-12(14)8-17-6-5-11(16)7-9-1-3-10(15)4-2-9/h1-4,11-12,16H,5-8H2. The van der Waals surface area contributed by atoms with Gasteiger partial charge in [0.15, 0.2) is 0 Å². The molecule has 2 nitrogen and oxygen atoms in total. The lowest BCUT2D eigenvalue weighted by Gasteiger charge is -2.11. The Morgan fingerprint density at radius 3 is 2.47 bits per heavy atom. The molecular weight excluding hydrogens is 341 g/mol. The Morgan fingerprint density at radius 2 is 1.88 bits per heavy atom. The molecule has 0 fully saturated rings. The molecule has 1 aromatic carbocycles. The number of alkyl halides is 2. The summed E-state index contributed by atoms with van der Waals surface area (Å²) >= 11 is 2.21. The summed E-state index contributed by atoms with van der Waals surface area (Å²) in [4.78, 5) is 0. The second-order valence-corrected chi connectivity index (χ2v) is 4.98. The molecule has 0 aliphatic heterocycles. The van der Waals surface area contributed by atoms with Crippen molar-refractivity contribution in [1.82, 2.24) is 0 Å². The number of ether oxygens (including phenoxy) is 1. The lowest BCUT2D eigenvalue weighted by atomic mass is 10.1. The van der Waals surface area contributed by atoms with Gasteiger partial charge >= 0.3 is 0 Å². The Hall–Kier alpha value is -0.270. The molecule has 0 saturated heterocycles. The van der Waals surface area contributed by atoms with E-state index >= 15 is 0 Å². The number of hydrogen-bond donors (Lipinski definition) is 1. The van der Waals surface area contributed by atoms with E-state index in [-0.39, 0.29) is 6.61 Å². The summed E-state index contributed by atoms with van der Waals surface area (Å²) in [6, 6.07) is 7.84. The molecular formula is C12H15F2IO2. The van der Waals surface area contributed by atoms with Crippen molar-refractivity contribution < 1.29 is 18.6 Å². The van der Waals surface area contributed by atoms with Crippen LogP contribution in [0.5, 0.6) is 0 Å². The fourth-order valence-corrected chi connectivity index (χ4v) is 1.75. The first kappa shape index (κ1) is 14.8. The molecule has 0 aliphatic rings. The van der Waals surface area contributed by atoms with E-state index in [2.05, 4.69) is 22.6 Å². The van der Waals surface area contributed by atoms with Crippen molar-refractivity contribution in [3.63, 3.8) is 0 Å². The van der Waals surface area contributed by atoms with Gasteiger partial charge in [-0.2, -0.15) is 0 Å². The van der Waals surface area contributed by atoms with Crippen LogP contribution < -0.4 is 0 Å². The first-order valence-electron chi connectivity index (χ1n) is 5.36. The minimum Gasteiger partial charge on any atom is -0.393 e. The smallest absolute Gasteiger partial charge is 0.261 e. The van der Waals surface area contributed by atoms with Gasteiger partial charge in [0.1, 0.15) is 6.61 Å². The van der Waals surface area contributed by atoms with E-state index in [0.29, 0.717) is 12.8 Å². The molecule has 1 unspecified atom stereocenters. The van der Waals surface area contributed by atoms with Crippen LogP contribution in [0.3, 0.4) is 0 Å². The van der Waals surface area contributed by atoms with E-state index in [1.807, 2.05) is 24.3 Å². The predicted molar refractivity (Wildman–Crippen MR) is 70.3 cm³/mol. The van der Waals surface area contributed by atoms with Crippen molar-refractivity contribution in [3.8, 4) is 0 Å². The van der Waals surface area contributed by atoms with Crippen molar-refractivity contribution in [2.45, 2.75) is 25.4 Å². The number of rotatable bonds is 7. The number of aliphatic hydroxyl groups is 1. The summed E-state index contributed by atoms with van der Waals surface area (Å²) in [6.45, 7) is -0.397. The summed E-state index contributed by atoms with van der Waals surface area (Å²) in [6.07, 6.45) is -2.09. The van der Waals surface area contributed by atoms with Crippen LogP contribution >= 0.6 is 22.6 Å². The Labute approximate surface area is 113 Å². The van der Waals surface area contributed by atoms with Gasteiger partial charge in [0.2, 0.25) is 0 Å². The van der Waals surface area contributed by atoms with Crippen molar-refractivity contribution in [1.29, 1.82) is 0 Å². The van der Waals surface area contributed by atoms with Gasteiger partial charge in [0.25, 0.3) is 6.43 Å². The van der Waals surface area contributed by atoms with Crippen LogP contribution in [0.2, 0.25) is 0 Å². The van der Waals surface area contributed by atoms with E-state index in [4.69, 9.17) is 4.74 Å². The topological polar surface area (TPSA) is 29.5 Å². The zero-order valence-electron chi connectivity index (χ0n) is 9.28. The number of aliphatic hydroxyl groups excluding tert-OH is 1. The fraction of sp³-hybridized carbons (Fsp3) is 0.500. The normalized spacial score (nSPS) is 13.0. The summed E-state index contributed by atoms with van der Waals surface area (Å²) in [7, 11) is 0. The lowest BCUT2D eigenvalue weighted by Crippen LogP contribution is -2.15. The minimum absolute atomic E-state index is 0.163. The van der Waals surface area contributed by atoms with Crippen LogP contribution in [0, 0.1) is 3.57 Å². The van der Waals surface area contributed by atoms with Gasteiger partial charge in [-0.05, 0) is 53.1 Å². The third-order valence-corrected chi connectivity index (χ3v) is 2.94. The molecule has 1 atom stereocenters. The molecule has 0 aliphatic carbocycles. The number of halogens is 3. The van der Waals surface area contributed by atoms with E-state index < -0.39 is 19.1 Å². The molecule has 1 N–H and O–H groups in total. The zero-order valence-corrected chi connectivity index (χ0v) is 11.4. The lowest BCUT2D eigenvalue weighted by molar-refractivity contribution is 0.00512. The van der Waals surface area contributed by atoms with Gasteiger partial charge < -0.3 is 9.84 Å². The molecule has 5 heteroatoms. The number of benzene rings is 1. The summed E-state index contributed by atoms with van der Waals surface area (Å²) in [5, 5.41) is 9.67. The van der Waals surface area contributed by atoms with Crippen LogP contribution in [0.4, 0.5) is 8.78 Å². The SMILES string of the molecule is OC(CCOCC(F)F)Cc1ccc(I)cc1. The zero-order chi connectivity index (χ0) is 12.7. The summed E-state index contributed by atoms with van der Waals surface area (Å²) in [5.41, 5.74) is 1.03. The van der Waals surface area contributed by atoms with Gasteiger partial charge in [-0.1, -0.05) is 12.1 Å². The Kier molecular flexibility index (Phi) is 6.91.